The van der Waals surface area contributed by atoms with Crippen molar-refractivity contribution >= 4 is 17.3 Å². The third kappa shape index (κ3) is 3.12. The molecule has 0 aliphatic rings. The molecule has 0 bridgehead atoms. The zero-order valence-electron chi connectivity index (χ0n) is 10.4. The second-order valence-corrected chi connectivity index (χ2v) is 4.56. The van der Waals surface area contributed by atoms with E-state index in [2.05, 4.69) is 5.32 Å². The number of hydrogen-bond donors (Lipinski definition) is 1. The molecule has 1 rings (SSSR count). The largest absolute Gasteiger partial charge is 0.373 e. The molecule has 1 aromatic rings. The second kappa shape index (κ2) is 4.65. The fourth-order valence-corrected chi connectivity index (χ4v) is 1.33. The number of carbonyl (C=O) groups excluding carboxylic acids is 2. The molecule has 0 heterocycles. The first-order valence-corrected chi connectivity index (χ1v) is 5.34. The number of anilines is 1. The van der Waals surface area contributed by atoms with Crippen LogP contribution < -0.4 is 5.32 Å². The van der Waals surface area contributed by atoms with E-state index >= 15 is 0 Å². The van der Waals surface area contributed by atoms with Gasteiger partial charge in [0.05, 0.1) is 11.1 Å². The van der Waals surface area contributed by atoms with E-state index in [4.69, 9.17) is 0 Å². The monoisotopic (exact) mass is 237 g/mol. The fraction of sp³-hybridized carbons (Fsp3) is 0.385. The molecule has 3 nitrogen and oxygen atoms in total. The summed E-state index contributed by atoms with van der Waals surface area (Å²) in [5, 5.41) is 2.92. The van der Waals surface area contributed by atoms with Crippen LogP contribution in [0.4, 0.5) is 10.1 Å². The molecule has 0 amide bonds. The second-order valence-electron chi connectivity index (χ2n) is 4.56. The highest BCUT2D eigenvalue weighted by atomic mass is 19.1. The Kier molecular flexibility index (Phi) is 3.66. The Morgan fingerprint density at radius 2 is 1.82 bits per heavy atom. The third-order valence-electron chi connectivity index (χ3n) is 2.69. The van der Waals surface area contributed by atoms with Gasteiger partial charge in [0, 0.05) is 5.69 Å². The summed E-state index contributed by atoms with van der Waals surface area (Å²) in [6.45, 7) is 6.20. The van der Waals surface area contributed by atoms with Crippen molar-refractivity contribution in [2.45, 2.75) is 33.2 Å². The van der Waals surface area contributed by atoms with Crippen molar-refractivity contribution in [3.63, 3.8) is 0 Å². The predicted octanol–water partition coefficient (Wildman–Crippen LogP) is 2.81. The van der Waals surface area contributed by atoms with Gasteiger partial charge < -0.3 is 5.32 Å². The van der Waals surface area contributed by atoms with Crippen molar-refractivity contribution in [3.8, 4) is 0 Å². The Hall–Kier alpha value is -1.71. The summed E-state index contributed by atoms with van der Waals surface area (Å²) in [7, 11) is 0. The van der Waals surface area contributed by atoms with Gasteiger partial charge in [0.25, 0.3) is 0 Å². The van der Waals surface area contributed by atoms with Gasteiger partial charge in [-0.15, -0.1) is 0 Å². The van der Waals surface area contributed by atoms with Gasteiger partial charge in [-0.3, -0.25) is 9.59 Å². The SMILES string of the molecule is CC(=O)c1ccc(NC(C)(C)C(C)=O)cc1F. The number of nitrogens with one attached hydrogen (secondary N) is 1. The first kappa shape index (κ1) is 13.4. The molecule has 0 aromatic heterocycles. The van der Waals surface area contributed by atoms with Gasteiger partial charge in [-0.25, -0.2) is 4.39 Å². The summed E-state index contributed by atoms with van der Waals surface area (Å²) < 4.78 is 13.5. The molecule has 0 saturated heterocycles. The summed E-state index contributed by atoms with van der Waals surface area (Å²) in [4.78, 5) is 22.4. The molecule has 17 heavy (non-hydrogen) atoms. The van der Waals surface area contributed by atoms with Crippen molar-refractivity contribution in [2.75, 3.05) is 5.32 Å². The summed E-state index contributed by atoms with van der Waals surface area (Å²) in [6.07, 6.45) is 0. The molecule has 0 saturated carbocycles. The molecule has 0 spiro atoms. The number of benzene rings is 1. The van der Waals surface area contributed by atoms with E-state index in [1.54, 1.807) is 19.9 Å². The molecule has 92 valence electrons. The average Bonchev–Trinajstić information content (AvgIpc) is 2.15. The minimum absolute atomic E-state index is 0.0476. The van der Waals surface area contributed by atoms with Crippen LogP contribution in [0, 0.1) is 5.82 Å². The molecular weight excluding hydrogens is 221 g/mol. The summed E-state index contributed by atoms with van der Waals surface area (Å²) >= 11 is 0. The Balaban J connectivity index is 2.99. The normalized spacial score (nSPS) is 11.1. The molecule has 0 radical (unpaired) electrons. The number of carbonyl (C=O) groups is 2. The lowest BCUT2D eigenvalue weighted by Gasteiger charge is -2.24. The van der Waals surface area contributed by atoms with Crippen molar-refractivity contribution in [3.05, 3.63) is 29.6 Å². The van der Waals surface area contributed by atoms with Crippen LogP contribution in [0.1, 0.15) is 38.1 Å². The molecule has 0 unspecified atom stereocenters. The molecule has 0 aliphatic carbocycles. The number of hydrogen-bond acceptors (Lipinski definition) is 3. The van der Waals surface area contributed by atoms with Gasteiger partial charge in [0.2, 0.25) is 0 Å². The highest BCUT2D eigenvalue weighted by Crippen LogP contribution is 2.19. The van der Waals surface area contributed by atoms with E-state index in [0.717, 1.165) is 0 Å². The Bertz CT molecular complexity index is 466. The highest BCUT2D eigenvalue weighted by molar-refractivity contribution is 5.95. The van der Waals surface area contributed by atoms with Gasteiger partial charge in [-0.2, -0.15) is 0 Å². The lowest BCUT2D eigenvalue weighted by atomic mass is 9.99. The minimum atomic E-state index is -0.760. The maximum atomic E-state index is 13.5. The zero-order chi connectivity index (χ0) is 13.2. The first-order chi connectivity index (χ1) is 7.74. The van der Waals surface area contributed by atoms with Crippen LogP contribution in [-0.4, -0.2) is 17.1 Å². The maximum Gasteiger partial charge on any atom is 0.162 e. The first-order valence-electron chi connectivity index (χ1n) is 5.34. The van der Waals surface area contributed by atoms with E-state index in [-0.39, 0.29) is 17.1 Å². The van der Waals surface area contributed by atoms with Crippen molar-refractivity contribution < 1.29 is 14.0 Å². The van der Waals surface area contributed by atoms with Crippen LogP contribution in [0.15, 0.2) is 18.2 Å². The van der Waals surface area contributed by atoms with Gasteiger partial charge in [0.15, 0.2) is 11.6 Å². The van der Waals surface area contributed by atoms with Crippen LogP contribution in [-0.2, 0) is 4.79 Å². The van der Waals surface area contributed by atoms with E-state index in [1.807, 2.05) is 0 Å². The Morgan fingerprint density at radius 3 is 2.24 bits per heavy atom. The average molecular weight is 237 g/mol. The van der Waals surface area contributed by atoms with Crippen LogP contribution in [0.25, 0.3) is 0 Å². The van der Waals surface area contributed by atoms with Crippen LogP contribution >= 0.6 is 0 Å². The standard InChI is InChI=1S/C13H16FNO2/c1-8(16)11-6-5-10(7-12(11)14)15-13(3,4)9(2)17/h5-7,15H,1-4H3. The summed E-state index contributed by atoms with van der Waals surface area (Å²) in [5.74, 6) is -0.949. The zero-order valence-corrected chi connectivity index (χ0v) is 10.4. The molecule has 1 aromatic carbocycles. The maximum absolute atomic E-state index is 13.5. The van der Waals surface area contributed by atoms with Crippen LogP contribution in [0.2, 0.25) is 0 Å². The van der Waals surface area contributed by atoms with E-state index in [9.17, 15) is 14.0 Å². The molecular formula is C13H16FNO2. The molecule has 0 fully saturated rings. The van der Waals surface area contributed by atoms with Crippen LogP contribution in [0.5, 0.6) is 0 Å². The van der Waals surface area contributed by atoms with Gasteiger partial charge >= 0.3 is 0 Å². The minimum Gasteiger partial charge on any atom is -0.373 e. The molecule has 4 heteroatoms. The topological polar surface area (TPSA) is 46.2 Å². The Morgan fingerprint density at radius 1 is 1.24 bits per heavy atom. The summed E-state index contributed by atoms with van der Waals surface area (Å²) in [5.41, 5.74) is -0.228. The van der Waals surface area contributed by atoms with E-state index < -0.39 is 11.4 Å². The smallest absolute Gasteiger partial charge is 0.162 e. The lowest BCUT2D eigenvalue weighted by Crippen LogP contribution is -2.38. The molecule has 0 atom stereocenters. The fourth-order valence-electron chi connectivity index (χ4n) is 1.33. The third-order valence-corrected chi connectivity index (χ3v) is 2.69. The van der Waals surface area contributed by atoms with Gasteiger partial charge in [-0.05, 0) is 45.9 Å². The molecule has 0 aliphatic heterocycles. The lowest BCUT2D eigenvalue weighted by molar-refractivity contribution is -0.120. The van der Waals surface area contributed by atoms with Crippen molar-refractivity contribution in [1.82, 2.24) is 0 Å². The van der Waals surface area contributed by atoms with Crippen molar-refractivity contribution in [1.29, 1.82) is 0 Å². The number of ketones is 2. The van der Waals surface area contributed by atoms with Gasteiger partial charge in [0.1, 0.15) is 5.82 Å². The quantitative estimate of drug-likeness (QED) is 0.819. The van der Waals surface area contributed by atoms with E-state index in [0.29, 0.717) is 5.69 Å². The molecule has 1 N–H and O–H groups in total. The number of Topliss-reactive ketones (excluding diaryl/α,β-unsaturated/α-hetero) is 2. The number of halogens is 1. The summed E-state index contributed by atoms with van der Waals surface area (Å²) in [6, 6.07) is 4.22. The van der Waals surface area contributed by atoms with Crippen molar-refractivity contribution in [2.24, 2.45) is 0 Å². The highest BCUT2D eigenvalue weighted by Gasteiger charge is 2.23. The number of rotatable bonds is 4. The van der Waals surface area contributed by atoms with Gasteiger partial charge in [-0.1, -0.05) is 0 Å². The predicted molar refractivity (Wildman–Crippen MR) is 64.8 cm³/mol. The Labute approximate surface area is 100 Å². The van der Waals surface area contributed by atoms with Crippen LogP contribution in [0.3, 0.4) is 0 Å². The van der Waals surface area contributed by atoms with E-state index in [1.165, 1.54) is 26.0 Å².